The number of hydrogen-bond donors (Lipinski definition) is 2. The number of benzene rings is 2. The predicted molar refractivity (Wildman–Crippen MR) is 75.1 cm³/mol. The summed E-state index contributed by atoms with van der Waals surface area (Å²) >= 11 is 0. The summed E-state index contributed by atoms with van der Waals surface area (Å²) in [7, 11) is 0. The highest BCUT2D eigenvalue weighted by molar-refractivity contribution is 5.96. The Labute approximate surface area is 111 Å². The number of primary amides is 1. The van der Waals surface area contributed by atoms with Gasteiger partial charge in [0.05, 0.1) is 0 Å². The van der Waals surface area contributed by atoms with Gasteiger partial charge >= 0.3 is 6.09 Å². The molecule has 1 aliphatic rings. The van der Waals surface area contributed by atoms with Gasteiger partial charge in [0.25, 0.3) is 0 Å². The van der Waals surface area contributed by atoms with Crippen molar-refractivity contribution in [2.24, 2.45) is 5.73 Å². The number of carbonyl (C=O) groups excluding carboxylic acids is 1. The number of nitrogens with one attached hydrogen (secondary N) is 1. The molecule has 2 aromatic carbocycles. The maximum absolute atomic E-state index is 11.0. The fraction of sp³-hybridized carbons (Fsp3) is 0.267. The number of nitrogens with two attached hydrogens (primary N) is 1. The van der Waals surface area contributed by atoms with Crippen LogP contribution in [0.15, 0.2) is 36.4 Å². The van der Waals surface area contributed by atoms with Crippen LogP contribution in [0.5, 0.6) is 0 Å². The molecule has 0 saturated carbocycles. The van der Waals surface area contributed by atoms with Crippen LogP contribution in [-0.2, 0) is 4.74 Å². The molecule has 4 heteroatoms. The van der Waals surface area contributed by atoms with Crippen molar-refractivity contribution in [1.82, 2.24) is 0 Å². The minimum Gasteiger partial charge on any atom is -0.441 e. The summed E-state index contributed by atoms with van der Waals surface area (Å²) in [5, 5.41) is 5.78. The van der Waals surface area contributed by atoms with Gasteiger partial charge < -0.3 is 15.8 Å². The predicted octanol–water partition coefficient (Wildman–Crippen LogP) is 3.18. The average molecular weight is 256 g/mol. The highest BCUT2D eigenvalue weighted by Crippen LogP contribution is 2.39. The molecule has 3 rings (SSSR count). The van der Waals surface area contributed by atoms with Crippen molar-refractivity contribution in [3.05, 3.63) is 42.0 Å². The first-order valence-corrected chi connectivity index (χ1v) is 6.39. The summed E-state index contributed by atoms with van der Waals surface area (Å²) in [6, 6.07) is 12.4. The molecule has 2 unspecified atom stereocenters. The number of fused-ring (bicyclic) bond motifs is 3. The Morgan fingerprint density at radius 1 is 1.32 bits per heavy atom. The normalized spacial score (nSPS) is 21.5. The van der Waals surface area contributed by atoms with E-state index >= 15 is 0 Å². The van der Waals surface area contributed by atoms with Gasteiger partial charge in [0.1, 0.15) is 6.10 Å². The Bertz CT molecular complexity index is 639. The zero-order valence-corrected chi connectivity index (χ0v) is 10.7. The highest BCUT2D eigenvalue weighted by Gasteiger charge is 2.27. The van der Waals surface area contributed by atoms with Gasteiger partial charge in [0.15, 0.2) is 0 Å². The first kappa shape index (κ1) is 11.8. The van der Waals surface area contributed by atoms with Crippen LogP contribution in [0.4, 0.5) is 10.5 Å². The summed E-state index contributed by atoms with van der Waals surface area (Å²) < 4.78 is 5.24. The van der Waals surface area contributed by atoms with E-state index in [0.717, 1.165) is 23.1 Å². The van der Waals surface area contributed by atoms with Crippen molar-refractivity contribution in [3.8, 4) is 0 Å². The standard InChI is InChI=1S/C15H16N2O2/c1-9-8-13(19-15(16)18)12-7-6-10-4-2-3-5-11(10)14(12)17-9/h2-7,9,13,17H,8H2,1H3,(H2,16,18). The Morgan fingerprint density at radius 3 is 2.89 bits per heavy atom. The summed E-state index contributed by atoms with van der Waals surface area (Å²) in [6.07, 6.45) is -0.263. The molecule has 19 heavy (non-hydrogen) atoms. The first-order valence-electron chi connectivity index (χ1n) is 6.39. The molecule has 0 spiro atoms. The molecule has 3 N–H and O–H groups in total. The lowest BCUT2D eigenvalue weighted by Gasteiger charge is -2.31. The maximum atomic E-state index is 11.0. The number of anilines is 1. The topological polar surface area (TPSA) is 64.3 Å². The van der Waals surface area contributed by atoms with Crippen LogP contribution in [0.3, 0.4) is 0 Å². The van der Waals surface area contributed by atoms with Gasteiger partial charge in [-0.1, -0.05) is 36.4 Å². The molecular weight excluding hydrogens is 240 g/mol. The van der Waals surface area contributed by atoms with Gasteiger partial charge in [-0.05, 0) is 12.3 Å². The third-order valence-corrected chi connectivity index (χ3v) is 3.52. The number of hydrogen-bond acceptors (Lipinski definition) is 3. The summed E-state index contributed by atoms with van der Waals surface area (Å²) in [5.74, 6) is 0. The molecule has 1 aliphatic heterocycles. The molecule has 2 aromatic rings. The zero-order valence-electron chi connectivity index (χ0n) is 10.7. The van der Waals surface area contributed by atoms with E-state index in [1.54, 1.807) is 0 Å². The zero-order chi connectivity index (χ0) is 13.4. The molecule has 0 radical (unpaired) electrons. The van der Waals surface area contributed by atoms with E-state index in [4.69, 9.17) is 10.5 Å². The van der Waals surface area contributed by atoms with E-state index in [2.05, 4.69) is 24.4 Å². The van der Waals surface area contributed by atoms with Crippen LogP contribution in [0.25, 0.3) is 10.8 Å². The van der Waals surface area contributed by atoms with Crippen LogP contribution < -0.4 is 11.1 Å². The largest absolute Gasteiger partial charge is 0.441 e. The van der Waals surface area contributed by atoms with Crippen LogP contribution >= 0.6 is 0 Å². The smallest absolute Gasteiger partial charge is 0.405 e. The molecule has 4 nitrogen and oxygen atoms in total. The Balaban J connectivity index is 2.15. The molecule has 0 fully saturated rings. The fourth-order valence-electron chi connectivity index (χ4n) is 2.72. The monoisotopic (exact) mass is 256 g/mol. The summed E-state index contributed by atoms with van der Waals surface area (Å²) in [4.78, 5) is 11.0. The molecule has 0 saturated heterocycles. The van der Waals surface area contributed by atoms with E-state index < -0.39 is 6.09 Å². The van der Waals surface area contributed by atoms with Crippen molar-refractivity contribution >= 4 is 22.6 Å². The number of amides is 1. The molecular formula is C15H16N2O2. The lowest BCUT2D eigenvalue weighted by molar-refractivity contribution is 0.0970. The van der Waals surface area contributed by atoms with Crippen molar-refractivity contribution < 1.29 is 9.53 Å². The Hall–Kier alpha value is -2.23. The molecule has 1 amide bonds. The maximum Gasteiger partial charge on any atom is 0.405 e. The Morgan fingerprint density at radius 2 is 2.11 bits per heavy atom. The average Bonchev–Trinajstić information content (AvgIpc) is 2.37. The van der Waals surface area contributed by atoms with Gasteiger partial charge in [-0.2, -0.15) is 0 Å². The van der Waals surface area contributed by atoms with E-state index in [1.165, 1.54) is 5.39 Å². The SMILES string of the molecule is CC1CC(OC(N)=O)c2ccc3ccccc3c2N1. The van der Waals surface area contributed by atoms with E-state index in [1.807, 2.05) is 24.3 Å². The Kier molecular flexibility index (Phi) is 2.78. The lowest BCUT2D eigenvalue weighted by atomic mass is 9.92. The molecule has 0 aliphatic carbocycles. The molecule has 2 atom stereocenters. The quantitative estimate of drug-likeness (QED) is 0.823. The van der Waals surface area contributed by atoms with E-state index in [9.17, 15) is 4.79 Å². The second kappa shape index (κ2) is 4.46. The number of ether oxygens (including phenoxy) is 1. The second-order valence-electron chi connectivity index (χ2n) is 4.96. The molecule has 0 aromatic heterocycles. The van der Waals surface area contributed by atoms with Crippen LogP contribution in [0, 0.1) is 0 Å². The number of rotatable bonds is 1. The van der Waals surface area contributed by atoms with Gasteiger partial charge in [-0.25, -0.2) is 4.79 Å². The van der Waals surface area contributed by atoms with Gasteiger partial charge in [0, 0.05) is 29.1 Å². The summed E-state index contributed by atoms with van der Waals surface area (Å²) in [6.45, 7) is 2.07. The van der Waals surface area contributed by atoms with Crippen LogP contribution in [-0.4, -0.2) is 12.1 Å². The van der Waals surface area contributed by atoms with Crippen molar-refractivity contribution in [2.75, 3.05) is 5.32 Å². The molecule has 0 bridgehead atoms. The van der Waals surface area contributed by atoms with Gasteiger partial charge in [0.2, 0.25) is 0 Å². The number of carbonyl (C=O) groups is 1. The van der Waals surface area contributed by atoms with Crippen LogP contribution in [0.2, 0.25) is 0 Å². The van der Waals surface area contributed by atoms with Crippen LogP contribution in [0.1, 0.15) is 25.0 Å². The minimum atomic E-state index is -0.724. The van der Waals surface area contributed by atoms with E-state index in [0.29, 0.717) is 0 Å². The lowest BCUT2D eigenvalue weighted by Crippen LogP contribution is -2.29. The van der Waals surface area contributed by atoms with Crippen molar-refractivity contribution in [3.63, 3.8) is 0 Å². The van der Waals surface area contributed by atoms with Crippen molar-refractivity contribution in [1.29, 1.82) is 0 Å². The fourth-order valence-corrected chi connectivity index (χ4v) is 2.72. The van der Waals surface area contributed by atoms with Gasteiger partial charge in [-0.3, -0.25) is 0 Å². The summed E-state index contributed by atoms with van der Waals surface area (Å²) in [5.41, 5.74) is 7.20. The van der Waals surface area contributed by atoms with E-state index in [-0.39, 0.29) is 12.1 Å². The third-order valence-electron chi connectivity index (χ3n) is 3.52. The first-order chi connectivity index (χ1) is 9.15. The highest BCUT2D eigenvalue weighted by atomic mass is 16.6. The van der Waals surface area contributed by atoms with Crippen molar-refractivity contribution in [2.45, 2.75) is 25.5 Å². The molecule has 1 heterocycles. The second-order valence-corrected chi connectivity index (χ2v) is 4.96. The molecule has 98 valence electrons. The minimum absolute atomic E-state index is 0.239. The third kappa shape index (κ3) is 2.10. The van der Waals surface area contributed by atoms with Gasteiger partial charge in [-0.15, -0.1) is 0 Å².